The van der Waals surface area contributed by atoms with Gasteiger partial charge in [-0.3, -0.25) is 14.5 Å². The number of hydrogen-bond donors (Lipinski definition) is 1. The summed E-state index contributed by atoms with van der Waals surface area (Å²) in [7, 11) is 1.54. The van der Waals surface area contributed by atoms with Gasteiger partial charge in [-0.15, -0.1) is 0 Å². The molecule has 37 heavy (non-hydrogen) atoms. The average Bonchev–Trinajstić information content (AvgIpc) is 3.39. The van der Waals surface area contributed by atoms with E-state index in [1.165, 1.54) is 12.0 Å². The summed E-state index contributed by atoms with van der Waals surface area (Å²) in [5.41, 5.74) is 2.35. The van der Waals surface area contributed by atoms with Crippen molar-refractivity contribution in [1.29, 1.82) is 0 Å². The first-order valence-corrected chi connectivity index (χ1v) is 12.4. The highest BCUT2D eigenvalue weighted by atomic mass is 35.5. The number of benzene rings is 3. The lowest BCUT2D eigenvalue weighted by Crippen LogP contribution is -2.29. The van der Waals surface area contributed by atoms with Gasteiger partial charge in [-0.25, -0.2) is 0 Å². The largest absolute Gasteiger partial charge is 0.507 e. The van der Waals surface area contributed by atoms with Gasteiger partial charge in [-0.05, 0) is 73.5 Å². The Balaban J connectivity index is 1.71. The highest BCUT2D eigenvalue weighted by Gasteiger charge is 2.47. The minimum absolute atomic E-state index is 0.0236. The standard InChI is InChI=1S/C29H26ClNO6/c1-4-36-24-14-17(8-11-23(24)35-3)26-25(27(32)18-9-10-22-19(13-18)12-16(2)37-22)28(33)29(34)31(26)21-7-5-6-20(30)15-21/h5-11,13-16,26,32H,4,12H2,1-3H3/b27-25+. The van der Waals surface area contributed by atoms with E-state index in [9.17, 15) is 14.7 Å². The molecule has 8 heteroatoms. The van der Waals surface area contributed by atoms with Gasteiger partial charge < -0.3 is 19.3 Å². The first-order valence-electron chi connectivity index (χ1n) is 12.0. The quantitative estimate of drug-likeness (QED) is 0.255. The van der Waals surface area contributed by atoms with Crippen molar-refractivity contribution in [1.82, 2.24) is 0 Å². The number of aliphatic hydroxyl groups excluding tert-OH is 1. The van der Waals surface area contributed by atoms with E-state index in [4.69, 9.17) is 25.8 Å². The van der Waals surface area contributed by atoms with Crippen LogP contribution in [-0.4, -0.2) is 36.6 Å². The molecule has 2 heterocycles. The molecule has 1 saturated heterocycles. The lowest BCUT2D eigenvalue weighted by atomic mass is 9.94. The number of ketones is 1. The summed E-state index contributed by atoms with van der Waals surface area (Å²) in [4.78, 5) is 28.2. The van der Waals surface area contributed by atoms with E-state index >= 15 is 0 Å². The number of amides is 1. The third-order valence-electron chi connectivity index (χ3n) is 6.50. The molecule has 0 aromatic heterocycles. The molecule has 0 saturated carbocycles. The van der Waals surface area contributed by atoms with Crippen LogP contribution in [0.1, 0.15) is 36.6 Å². The SMILES string of the molecule is CCOc1cc(C2/C(=C(\O)c3ccc4c(c3)CC(C)O4)C(=O)C(=O)N2c2cccc(Cl)c2)ccc1OC. The smallest absolute Gasteiger partial charge is 0.300 e. The number of carbonyl (C=O) groups is 2. The zero-order valence-corrected chi connectivity index (χ0v) is 21.4. The Bertz CT molecular complexity index is 1430. The van der Waals surface area contributed by atoms with Crippen LogP contribution in [0.15, 0.2) is 66.2 Å². The molecule has 2 aliphatic rings. The number of halogens is 1. The molecule has 3 aromatic carbocycles. The monoisotopic (exact) mass is 519 g/mol. The first-order chi connectivity index (χ1) is 17.8. The molecule has 0 spiro atoms. The molecule has 0 bridgehead atoms. The van der Waals surface area contributed by atoms with Gasteiger partial charge in [-0.2, -0.15) is 0 Å². The Morgan fingerprint density at radius 2 is 1.92 bits per heavy atom. The highest BCUT2D eigenvalue weighted by molar-refractivity contribution is 6.51. The summed E-state index contributed by atoms with van der Waals surface area (Å²) < 4.78 is 16.9. The molecule has 2 aliphatic heterocycles. The van der Waals surface area contributed by atoms with Crippen LogP contribution in [0.25, 0.3) is 5.76 Å². The molecule has 2 atom stereocenters. The summed E-state index contributed by atoms with van der Waals surface area (Å²) >= 11 is 6.24. The molecule has 190 valence electrons. The number of hydrogen-bond acceptors (Lipinski definition) is 6. The third-order valence-corrected chi connectivity index (χ3v) is 6.74. The molecule has 0 aliphatic carbocycles. The molecule has 5 rings (SSSR count). The fourth-order valence-corrected chi connectivity index (χ4v) is 5.08. The number of aliphatic hydroxyl groups is 1. The van der Waals surface area contributed by atoms with Crippen molar-refractivity contribution in [3.05, 3.63) is 87.9 Å². The molecular weight excluding hydrogens is 494 g/mol. The lowest BCUT2D eigenvalue weighted by molar-refractivity contribution is -0.132. The van der Waals surface area contributed by atoms with E-state index in [1.807, 2.05) is 13.8 Å². The van der Waals surface area contributed by atoms with Gasteiger partial charge in [0.25, 0.3) is 11.7 Å². The topological polar surface area (TPSA) is 85.3 Å². The van der Waals surface area contributed by atoms with Crippen molar-refractivity contribution in [2.45, 2.75) is 32.4 Å². The summed E-state index contributed by atoms with van der Waals surface area (Å²) in [6.07, 6.45) is 0.713. The van der Waals surface area contributed by atoms with Gasteiger partial charge in [0.1, 0.15) is 17.6 Å². The van der Waals surface area contributed by atoms with Gasteiger partial charge >= 0.3 is 0 Å². The van der Waals surface area contributed by atoms with E-state index in [0.717, 1.165) is 11.3 Å². The molecule has 7 nitrogen and oxygen atoms in total. The maximum Gasteiger partial charge on any atom is 0.300 e. The minimum Gasteiger partial charge on any atom is -0.507 e. The van der Waals surface area contributed by atoms with Gasteiger partial charge in [0.2, 0.25) is 0 Å². The van der Waals surface area contributed by atoms with Crippen LogP contribution in [0.5, 0.6) is 17.2 Å². The number of ether oxygens (including phenoxy) is 3. The predicted molar refractivity (Wildman–Crippen MR) is 141 cm³/mol. The zero-order valence-electron chi connectivity index (χ0n) is 20.7. The van der Waals surface area contributed by atoms with Gasteiger partial charge in [-0.1, -0.05) is 23.7 Å². The molecule has 1 N–H and O–H groups in total. The van der Waals surface area contributed by atoms with Crippen LogP contribution in [0.2, 0.25) is 5.02 Å². The predicted octanol–water partition coefficient (Wildman–Crippen LogP) is 5.70. The number of anilines is 1. The fraction of sp³-hybridized carbons (Fsp3) is 0.241. The van der Waals surface area contributed by atoms with Crippen LogP contribution in [0, 0.1) is 0 Å². The van der Waals surface area contributed by atoms with E-state index in [2.05, 4.69) is 0 Å². The van der Waals surface area contributed by atoms with Crippen molar-refractivity contribution in [3.63, 3.8) is 0 Å². The molecule has 1 amide bonds. The Morgan fingerprint density at radius 1 is 1.11 bits per heavy atom. The molecular formula is C29H26ClNO6. The highest BCUT2D eigenvalue weighted by Crippen LogP contribution is 2.45. The van der Waals surface area contributed by atoms with Crippen LogP contribution < -0.4 is 19.1 Å². The van der Waals surface area contributed by atoms with E-state index in [0.29, 0.717) is 46.4 Å². The maximum atomic E-state index is 13.5. The number of carbonyl (C=O) groups excluding carboxylic acids is 2. The lowest BCUT2D eigenvalue weighted by Gasteiger charge is -2.26. The first kappa shape index (κ1) is 24.7. The van der Waals surface area contributed by atoms with Crippen LogP contribution in [0.3, 0.4) is 0 Å². The van der Waals surface area contributed by atoms with Crippen molar-refractivity contribution < 1.29 is 28.9 Å². The van der Waals surface area contributed by atoms with Crippen molar-refractivity contribution in [3.8, 4) is 17.2 Å². The second kappa shape index (κ2) is 9.82. The second-order valence-corrected chi connectivity index (χ2v) is 9.38. The molecule has 2 unspecified atom stereocenters. The number of methoxy groups -OCH3 is 1. The summed E-state index contributed by atoms with van der Waals surface area (Å²) in [6.45, 7) is 4.21. The Hall–Kier alpha value is -3.97. The van der Waals surface area contributed by atoms with E-state index in [-0.39, 0.29) is 17.4 Å². The maximum absolute atomic E-state index is 13.5. The second-order valence-electron chi connectivity index (χ2n) is 8.95. The molecule has 3 aromatic rings. The zero-order chi connectivity index (χ0) is 26.3. The minimum atomic E-state index is -0.924. The van der Waals surface area contributed by atoms with Gasteiger partial charge in [0.15, 0.2) is 11.5 Å². The average molecular weight is 520 g/mol. The molecule has 1 fully saturated rings. The normalized spacial score (nSPS) is 20.1. The van der Waals surface area contributed by atoms with E-state index < -0.39 is 17.7 Å². The van der Waals surface area contributed by atoms with E-state index in [1.54, 1.807) is 60.7 Å². The Morgan fingerprint density at radius 3 is 2.65 bits per heavy atom. The Labute approximate surface area is 219 Å². The summed E-state index contributed by atoms with van der Waals surface area (Å²) in [6, 6.07) is 16.2. The van der Waals surface area contributed by atoms with Crippen molar-refractivity contribution in [2.24, 2.45) is 0 Å². The van der Waals surface area contributed by atoms with Crippen LogP contribution in [-0.2, 0) is 16.0 Å². The summed E-state index contributed by atoms with van der Waals surface area (Å²) in [5.74, 6) is -0.0940. The number of fused-ring (bicyclic) bond motifs is 1. The van der Waals surface area contributed by atoms with Crippen LogP contribution >= 0.6 is 11.6 Å². The van der Waals surface area contributed by atoms with Crippen molar-refractivity contribution in [2.75, 3.05) is 18.6 Å². The number of Topliss-reactive ketones (excluding diaryl/α,β-unsaturated/α-hetero) is 1. The van der Waals surface area contributed by atoms with Gasteiger partial charge in [0.05, 0.1) is 25.3 Å². The summed E-state index contributed by atoms with van der Waals surface area (Å²) in [5, 5.41) is 11.9. The fourth-order valence-electron chi connectivity index (χ4n) is 4.90. The molecule has 0 radical (unpaired) electrons. The number of rotatable bonds is 6. The van der Waals surface area contributed by atoms with Crippen LogP contribution in [0.4, 0.5) is 5.69 Å². The third kappa shape index (κ3) is 4.40. The number of nitrogens with zero attached hydrogens (tertiary/aromatic N) is 1. The Kier molecular flexibility index (Phi) is 6.56. The van der Waals surface area contributed by atoms with Gasteiger partial charge in [0, 0.05) is 22.7 Å². The van der Waals surface area contributed by atoms with Crippen molar-refractivity contribution >= 4 is 34.7 Å².